The van der Waals surface area contributed by atoms with E-state index in [1.54, 1.807) is 35.0 Å². The van der Waals surface area contributed by atoms with Crippen molar-refractivity contribution >= 4 is 49.8 Å². The van der Waals surface area contributed by atoms with Crippen LogP contribution in [0.4, 0.5) is 0 Å². The molecule has 4 rings (SSSR count). The molecule has 5 nitrogen and oxygen atoms in total. The van der Waals surface area contributed by atoms with E-state index in [2.05, 4.69) is 0 Å². The predicted molar refractivity (Wildman–Crippen MR) is 120 cm³/mol. The second-order valence-corrected chi connectivity index (χ2v) is 10.4. The van der Waals surface area contributed by atoms with Crippen LogP contribution in [0.1, 0.15) is 24.8 Å². The average Bonchev–Trinajstić information content (AvgIpc) is 3.10. The SMILES string of the molecule is O=C(Cn1cc(S(=O)(=O)Cc2ccc(Cl)cc2Cl)c2ccccc21)N1CCCCC1. The summed E-state index contributed by atoms with van der Waals surface area (Å²) in [6.07, 6.45) is 4.75. The number of halogens is 2. The third-order valence-corrected chi connectivity index (χ3v) is 7.74. The van der Waals surface area contributed by atoms with Gasteiger partial charge in [0.1, 0.15) is 6.54 Å². The van der Waals surface area contributed by atoms with E-state index >= 15 is 0 Å². The Hall–Kier alpha value is -2.02. The lowest BCUT2D eigenvalue weighted by molar-refractivity contribution is -0.132. The lowest BCUT2D eigenvalue weighted by Gasteiger charge is -2.27. The highest BCUT2D eigenvalue weighted by atomic mass is 35.5. The number of amides is 1. The van der Waals surface area contributed by atoms with E-state index in [0.29, 0.717) is 21.0 Å². The Morgan fingerprint density at radius 3 is 2.47 bits per heavy atom. The van der Waals surface area contributed by atoms with Gasteiger partial charge >= 0.3 is 0 Å². The minimum Gasteiger partial charge on any atom is -0.341 e. The Kier molecular flexibility index (Phi) is 6.09. The number of aromatic nitrogens is 1. The number of sulfone groups is 1. The second kappa shape index (κ2) is 8.61. The zero-order valence-corrected chi connectivity index (χ0v) is 18.7. The van der Waals surface area contributed by atoms with Crippen molar-refractivity contribution in [1.29, 1.82) is 0 Å². The van der Waals surface area contributed by atoms with E-state index in [0.717, 1.165) is 37.9 Å². The lowest BCUT2D eigenvalue weighted by Crippen LogP contribution is -2.37. The average molecular weight is 465 g/mol. The summed E-state index contributed by atoms with van der Waals surface area (Å²) in [4.78, 5) is 14.8. The molecule has 1 saturated heterocycles. The first kappa shape index (κ1) is 21.2. The van der Waals surface area contributed by atoms with Gasteiger partial charge in [-0.05, 0) is 43.0 Å². The molecule has 1 aliphatic heterocycles. The number of para-hydroxylation sites is 1. The summed E-state index contributed by atoms with van der Waals surface area (Å²) in [6, 6.07) is 12.0. The number of rotatable bonds is 5. The van der Waals surface area contributed by atoms with Gasteiger partial charge < -0.3 is 9.47 Å². The summed E-state index contributed by atoms with van der Waals surface area (Å²) in [7, 11) is -3.69. The van der Waals surface area contributed by atoms with Crippen molar-refractivity contribution in [3.8, 4) is 0 Å². The van der Waals surface area contributed by atoms with Gasteiger partial charge in [0.2, 0.25) is 5.91 Å². The first-order valence-electron chi connectivity index (χ1n) is 9.87. The van der Waals surface area contributed by atoms with E-state index < -0.39 is 9.84 Å². The van der Waals surface area contributed by atoms with Crippen LogP contribution in [0.15, 0.2) is 53.6 Å². The van der Waals surface area contributed by atoms with Crippen LogP contribution in [-0.4, -0.2) is 36.9 Å². The van der Waals surface area contributed by atoms with Crippen molar-refractivity contribution in [2.75, 3.05) is 13.1 Å². The first-order chi connectivity index (χ1) is 14.3. The molecule has 0 saturated carbocycles. The van der Waals surface area contributed by atoms with Crippen molar-refractivity contribution in [3.63, 3.8) is 0 Å². The van der Waals surface area contributed by atoms with Gasteiger partial charge in [-0.3, -0.25) is 4.79 Å². The molecule has 0 atom stereocenters. The summed E-state index contributed by atoms with van der Waals surface area (Å²) in [5, 5.41) is 1.37. The van der Waals surface area contributed by atoms with Crippen LogP contribution in [-0.2, 0) is 26.9 Å². The number of carbonyl (C=O) groups excluding carboxylic acids is 1. The van der Waals surface area contributed by atoms with E-state index in [1.165, 1.54) is 6.07 Å². The summed E-state index contributed by atoms with van der Waals surface area (Å²) < 4.78 is 28.2. The maximum absolute atomic E-state index is 13.3. The van der Waals surface area contributed by atoms with Gasteiger partial charge in [-0.15, -0.1) is 0 Å². The number of benzene rings is 2. The fourth-order valence-electron chi connectivity index (χ4n) is 3.90. The summed E-state index contributed by atoms with van der Waals surface area (Å²) >= 11 is 12.1. The highest BCUT2D eigenvalue weighted by Gasteiger charge is 2.24. The van der Waals surface area contributed by atoms with Gasteiger partial charge in [-0.25, -0.2) is 8.42 Å². The van der Waals surface area contributed by atoms with Crippen molar-refractivity contribution < 1.29 is 13.2 Å². The minimum atomic E-state index is -3.69. The molecule has 1 amide bonds. The topological polar surface area (TPSA) is 59.4 Å². The number of carbonyl (C=O) groups is 1. The molecule has 0 spiro atoms. The molecular weight excluding hydrogens is 443 g/mol. The van der Waals surface area contributed by atoms with Crippen molar-refractivity contribution in [1.82, 2.24) is 9.47 Å². The third kappa shape index (κ3) is 4.36. The molecule has 0 N–H and O–H groups in total. The molecule has 2 aromatic carbocycles. The van der Waals surface area contributed by atoms with Crippen LogP contribution < -0.4 is 0 Å². The zero-order valence-electron chi connectivity index (χ0n) is 16.4. The number of piperidine rings is 1. The molecular formula is C22H22Cl2N2O3S. The second-order valence-electron chi connectivity index (χ2n) is 7.57. The molecule has 0 unspecified atom stereocenters. The molecule has 0 radical (unpaired) electrons. The van der Waals surface area contributed by atoms with Gasteiger partial charge in [0.25, 0.3) is 0 Å². The molecule has 158 valence electrons. The van der Waals surface area contributed by atoms with E-state index in [-0.39, 0.29) is 23.1 Å². The zero-order chi connectivity index (χ0) is 21.3. The number of hydrogen-bond acceptors (Lipinski definition) is 3. The summed E-state index contributed by atoms with van der Waals surface area (Å²) in [5.74, 6) is -0.225. The Morgan fingerprint density at radius 1 is 1.00 bits per heavy atom. The van der Waals surface area contributed by atoms with Gasteiger partial charge in [-0.2, -0.15) is 0 Å². The predicted octanol–water partition coefficient (Wildman–Crippen LogP) is 4.93. The Morgan fingerprint density at radius 2 is 1.73 bits per heavy atom. The van der Waals surface area contributed by atoms with Crippen LogP contribution in [0, 0.1) is 0 Å². The maximum atomic E-state index is 13.3. The minimum absolute atomic E-state index is 0.0140. The van der Waals surface area contributed by atoms with Gasteiger partial charge in [0.05, 0.1) is 10.6 Å². The Bertz CT molecular complexity index is 1200. The lowest BCUT2D eigenvalue weighted by atomic mass is 10.1. The van der Waals surface area contributed by atoms with Crippen molar-refractivity contribution in [2.24, 2.45) is 0 Å². The van der Waals surface area contributed by atoms with Crippen molar-refractivity contribution in [3.05, 3.63) is 64.3 Å². The Labute approximate surface area is 186 Å². The number of nitrogens with zero attached hydrogens (tertiary/aromatic N) is 2. The quantitative estimate of drug-likeness (QED) is 0.537. The van der Waals surface area contributed by atoms with Crippen molar-refractivity contribution in [2.45, 2.75) is 36.5 Å². The molecule has 0 aliphatic carbocycles. The third-order valence-electron chi connectivity index (χ3n) is 5.46. The van der Waals surface area contributed by atoms with Gasteiger partial charge in [0, 0.05) is 40.2 Å². The number of fused-ring (bicyclic) bond motifs is 1. The monoisotopic (exact) mass is 464 g/mol. The Balaban J connectivity index is 1.68. The largest absolute Gasteiger partial charge is 0.341 e. The van der Waals surface area contributed by atoms with Crippen LogP contribution in [0.5, 0.6) is 0 Å². The molecule has 1 fully saturated rings. The van der Waals surface area contributed by atoms with Crippen LogP contribution in [0.2, 0.25) is 10.0 Å². The molecule has 2 heterocycles. The van der Waals surface area contributed by atoms with Crippen LogP contribution in [0.25, 0.3) is 10.9 Å². The molecule has 8 heteroatoms. The summed E-state index contributed by atoms with van der Waals surface area (Å²) in [6.45, 7) is 1.65. The fraction of sp³-hybridized carbons (Fsp3) is 0.318. The highest BCUT2D eigenvalue weighted by Crippen LogP contribution is 2.30. The first-order valence-corrected chi connectivity index (χ1v) is 12.3. The normalized spacial score (nSPS) is 14.9. The fourth-order valence-corrected chi connectivity index (χ4v) is 6.07. The van der Waals surface area contributed by atoms with Gasteiger partial charge in [-0.1, -0.05) is 47.5 Å². The molecule has 30 heavy (non-hydrogen) atoms. The molecule has 0 bridgehead atoms. The van der Waals surface area contributed by atoms with Gasteiger partial charge in [0.15, 0.2) is 9.84 Å². The number of hydrogen-bond donors (Lipinski definition) is 0. The molecule has 1 aliphatic rings. The van der Waals surface area contributed by atoms with E-state index in [1.807, 2.05) is 17.0 Å². The number of likely N-dealkylation sites (tertiary alicyclic amines) is 1. The molecule has 3 aromatic rings. The standard InChI is InChI=1S/C22H22Cl2N2O3S/c23-17-9-8-16(19(24)12-17)15-30(28,29)21-13-26(20-7-3-2-6-18(20)21)14-22(27)25-10-4-1-5-11-25/h2-3,6-9,12-13H,1,4-5,10-11,14-15H2. The summed E-state index contributed by atoms with van der Waals surface area (Å²) in [5.41, 5.74) is 1.21. The van der Waals surface area contributed by atoms with Crippen LogP contribution >= 0.6 is 23.2 Å². The smallest absolute Gasteiger partial charge is 0.242 e. The van der Waals surface area contributed by atoms with Crippen LogP contribution in [0.3, 0.4) is 0 Å². The maximum Gasteiger partial charge on any atom is 0.242 e. The van der Waals surface area contributed by atoms with E-state index in [9.17, 15) is 13.2 Å². The highest BCUT2D eigenvalue weighted by molar-refractivity contribution is 7.90. The molecule has 1 aromatic heterocycles. The van der Waals surface area contributed by atoms with E-state index in [4.69, 9.17) is 23.2 Å².